The molecule has 0 fully saturated rings. The van der Waals surface area contributed by atoms with E-state index in [9.17, 15) is 4.79 Å². The summed E-state index contributed by atoms with van der Waals surface area (Å²) >= 11 is 0. The predicted molar refractivity (Wildman–Crippen MR) is 72.7 cm³/mol. The lowest BCUT2D eigenvalue weighted by Crippen LogP contribution is -2.14. The molecule has 5 nitrogen and oxygen atoms in total. The highest BCUT2D eigenvalue weighted by molar-refractivity contribution is 5.94. The van der Waals surface area contributed by atoms with Gasteiger partial charge in [0, 0.05) is 23.0 Å². The van der Waals surface area contributed by atoms with Crippen molar-refractivity contribution in [1.29, 1.82) is 0 Å². The highest BCUT2D eigenvalue weighted by atomic mass is 16.1. The first-order chi connectivity index (χ1) is 9.31. The van der Waals surface area contributed by atoms with E-state index in [4.69, 9.17) is 0 Å². The Morgan fingerprint density at radius 2 is 2.21 bits per heavy atom. The monoisotopic (exact) mass is 252 g/mol. The minimum atomic E-state index is -0.0819. The summed E-state index contributed by atoms with van der Waals surface area (Å²) in [5, 5.41) is 10.6. The van der Waals surface area contributed by atoms with Crippen LogP contribution in [0, 0.1) is 0 Å². The van der Waals surface area contributed by atoms with Gasteiger partial charge < -0.3 is 5.32 Å². The maximum Gasteiger partial charge on any atom is 0.230 e. The zero-order valence-corrected chi connectivity index (χ0v) is 10.1. The Morgan fingerprint density at radius 1 is 1.26 bits per heavy atom. The molecular formula is C14H12N4O. The summed E-state index contributed by atoms with van der Waals surface area (Å²) in [6.07, 6.45) is 3.67. The van der Waals surface area contributed by atoms with Crippen LogP contribution in [-0.4, -0.2) is 21.1 Å². The van der Waals surface area contributed by atoms with E-state index in [1.165, 1.54) is 0 Å². The molecule has 5 heteroatoms. The fourth-order valence-electron chi connectivity index (χ4n) is 1.89. The molecule has 0 saturated heterocycles. The molecular weight excluding hydrogens is 240 g/mol. The number of nitrogens with zero attached hydrogens (tertiary/aromatic N) is 2. The summed E-state index contributed by atoms with van der Waals surface area (Å²) in [4.78, 5) is 16.0. The standard InChI is InChI=1S/C14H12N4O/c19-14(8-11-3-1-2-6-15-11)17-12-4-5-13-10(7-12)9-16-18-13/h1-7,9H,8H2,(H,16,18)(H,17,19). The summed E-state index contributed by atoms with van der Waals surface area (Å²) in [6.45, 7) is 0. The quantitative estimate of drug-likeness (QED) is 0.750. The number of hydrogen-bond donors (Lipinski definition) is 2. The Balaban J connectivity index is 1.72. The van der Waals surface area contributed by atoms with Gasteiger partial charge >= 0.3 is 0 Å². The summed E-state index contributed by atoms with van der Waals surface area (Å²) in [5.41, 5.74) is 2.46. The normalized spacial score (nSPS) is 10.5. The van der Waals surface area contributed by atoms with Crippen molar-refractivity contribution in [3.05, 3.63) is 54.5 Å². The second-order valence-corrected chi connectivity index (χ2v) is 4.22. The van der Waals surface area contributed by atoms with E-state index in [0.717, 1.165) is 22.3 Å². The molecule has 0 aliphatic carbocycles. The van der Waals surface area contributed by atoms with E-state index in [1.807, 2.05) is 36.4 Å². The first-order valence-corrected chi connectivity index (χ1v) is 5.94. The van der Waals surface area contributed by atoms with E-state index in [2.05, 4.69) is 20.5 Å². The zero-order chi connectivity index (χ0) is 13.1. The van der Waals surface area contributed by atoms with Crippen LogP contribution >= 0.6 is 0 Å². The maximum absolute atomic E-state index is 11.9. The van der Waals surface area contributed by atoms with Gasteiger partial charge in [-0.05, 0) is 30.3 Å². The molecule has 94 valence electrons. The fourth-order valence-corrected chi connectivity index (χ4v) is 1.89. The van der Waals surface area contributed by atoms with Gasteiger partial charge in [0.25, 0.3) is 0 Å². The van der Waals surface area contributed by atoms with E-state index < -0.39 is 0 Å². The van der Waals surface area contributed by atoms with Crippen molar-refractivity contribution in [3.8, 4) is 0 Å². The smallest absolute Gasteiger partial charge is 0.230 e. The average molecular weight is 252 g/mol. The van der Waals surface area contributed by atoms with Crippen LogP contribution in [0.15, 0.2) is 48.8 Å². The molecule has 0 spiro atoms. The highest BCUT2D eigenvalue weighted by Gasteiger charge is 2.05. The molecule has 0 saturated carbocycles. The van der Waals surface area contributed by atoms with Crippen molar-refractivity contribution < 1.29 is 4.79 Å². The number of hydrogen-bond acceptors (Lipinski definition) is 3. The minimum Gasteiger partial charge on any atom is -0.326 e. The van der Waals surface area contributed by atoms with Gasteiger partial charge in [0.1, 0.15) is 0 Å². The number of rotatable bonds is 3. The highest BCUT2D eigenvalue weighted by Crippen LogP contribution is 2.16. The molecule has 1 aromatic carbocycles. The van der Waals surface area contributed by atoms with Crippen LogP contribution in [0.3, 0.4) is 0 Å². The zero-order valence-electron chi connectivity index (χ0n) is 10.1. The second kappa shape index (κ2) is 4.89. The number of benzene rings is 1. The lowest BCUT2D eigenvalue weighted by Gasteiger charge is -2.04. The summed E-state index contributed by atoms with van der Waals surface area (Å²) < 4.78 is 0. The molecule has 0 unspecified atom stereocenters. The van der Waals surface area contributed by atoms with Crippen molar-refractivity contribution in [1.82, 2.24) is 15.2 Å². The molecule has 0 bridgehead atoms. The van der Waals surface area contributed by atoms with Crippen molar-refractivity contribution in [2.24, 2.45) is 0 Å². The van der Waals surface area contributed by atoms with Gasteiger partial charge in [-0.3, -0.25) is 14.9 Å². The second-order valence-electron chi connectivity index (χ2n) is 4.22. The Bertz CT molecular complexity index is 706. The molecule has 2 N–H and O–H groups in total. The lowest BCUT2D eigenvalue weighted by atomic mass is 10.2. The molecule has 2 aromatic heterocycles. The fraction of sp³-hybridized carbons (Fsp3) is 0.0714. The molecule has 0 aliphatic rings. The van der Waals surface area contributed by atoms with Gasteiger partial charge in [-0.15, -0.1) is 0 Å². The van der Waals surface area contributed by atoms with Gasteiger partial charge in [0.05, 0.1) is 18.1 Å². The number of aromatic amines is 1. The number of aromatic nitrogens is 3. The Labute approximate surface area is 109 Å². The minimum absolute atomic E-state index is 0.0819. The first-order valence-electron chi connectivity index (χ1n) is 5.94. The number of amides is 1. The topological polar surface area (TPSA) is 70.7 Å². The Morgan fingerprint density at radius 3 is 3.05 bits per heavy atom. The average Bonchev–Trinajstić information content (AvgIpc) is 2.87. The van der Waals surface area contributed by atoms with E-state index in [0.29, 0.717) is 0 Å². The number of carbonyl (C=O) groups is 1. The lowest BCUT2D eigenvalue weighted by molar-refractivity contribution is -0.115. The molecule has 3 rings (SSSR count). The van der Waals surface area contributed by atoms with Crippen molar-refractivity contribution in [2.75, 3.05) is 5.32 Å². The van der Waals surface area contributed by atoms with E-state index in [1.54, 1.807) is 12.4 Å². The van der Waals surface area contributed by atoms with Crippen LogP contribution in [0.4, 0.5) is 5.69 Å². The van der Waals surface area contributed by atoms with Crippen LogP contribution in [0.2, 0.25) is 0 Å². The van der Waals surface area contributed by atoms with E-state index in [-0.39, 0.29) is 12.3 Å². The van der Waals surface area contributed by atoms with Crippen LogP contribution < -0.4 is 5.32 Å². The Kier molecular flexibility index (Phi) is 2.94. The third-order valence-corrected chi connectivity index (χ3v) is 2.79. The van der Waals surface area contributed by atoms with Crippen LogP contribution in [0.5, 0.6) is 0 Å². The molecule has 2 heterocycles. The molecule has 19 heavy (non-hydrogen) atoms. The largest absolute Gasteiger partial charge is 0.326 e. The van der Waals surface area contributed by atoms with Crippen LogP contribution in [0.25, 0.3) is 10.9 Å². The summed E-state index contributed by atoms with van der Waals surface area (Å²) in [7, 11) is 0. The van der Waals surface area contributed by atoms with Gasteiger partial charge in [0.15, 0.2) is 0 Å². The first kappa shape index (κ1) is 11.4. The van der Waals surface area contributed by atoms with Crippen molar-refractivity contribution in [2.45, 2.75) is 6.42 Å². The van der Waals surface area contributed by atoms with Crippen LogP contribution in [0.1, 0.15) is 5.69 Å². The van der Waals surface area contributed by atoms with Gasteiger partial charge in [-0.25, -0.2) is 0 Å². The van der Waals surface area contributed by atoms with Gasteiger partial charge in [0.2, 0.25) is 5.91 Å². The van der Waals surface area contributed by atoms with Gasteiger partial charge in [-0.1, -0.05) is 6.07 Å². The van der Waals surface area contributed by atoms with Crippen LogP contribution in [-0.2, 0) is 11.2 Å². The molecule has 0 radical (unpaired) electrons. The number of fused-ring (bicyclic) bond motifs is 1. The third-order valence-electron chi connectivity index (χ3n) is 2.79. The molecule has 0 aliphatic heterocycles. The molecule has 1 amide bonds. The number of H-pyrrole nitrogens is 1. The maximum atomic E-state index is 11.9. The third kappa shape index (κ3) is 2.60. The Hall–Kier alpha value is -2.69. The number of carbonyl (C=O) groups excluding carboxylic acids is 1. The SMILES string of the molecule is O=C(Cc1ccccn1)Nc1ccc2[nH]ncc2c1. The predicted octanol–water partition coefficient (Wildman–Crippen LogP) is 2.14. The summed E-state index contributed by atoms with van der Waals surface area (Å²) in [5.74, 6) is -0.0819. The van der Waals surface area contributed by atoms with Crippen molar-refractivity contribution >= 4 is 22.5 Å². The molecule has 3 aromatic rings. The van der Waals surface area contributed by atoms with E-state index >= 15 is 0 Å². The molecule has 0 atom stereocenters. The number of pyridine rings is 1. The summed E-state index contributed by atoms with van der Waals surface area (Å²) in [6, 6.07) is 11.1. The van der Waals surface area contributed by atoms with Gasteiger partial charge in [-0.2, -0.15) is 5.10 Å². The number of anilines is 1. The van der Waals surface area contributed by atoms with Crippen molar-refractivity contribution in [3.63, 3.8) is 0 Å². The number of nitrogens with one attached hydrogen (secondary N) is 2.